The van der Waals surface area contributed by atoms with Crippen LogP contribution in [-0.4, -0.2) is 68.7 Å². The number of hydroxylamine groups is 2. The van der Waals surface area contributed by atoms with Crippen molar-refractivity contribution in [2.75, 3.05) is 7.11 Å². The van der Waals surface area contributed by atoms with Gasteiger partial charge in [0.15, 0.2) is 17.7 Å². The molecule has 0 aliphatic rings. The number of hydrogen-bond donors (Lipinski definition) is 5. The third kappa shape index (κ3) is 7.14. The molecule has 0 saturated carbocycles. The van der Waals surface area contributed by atoms with Crippen LogP contribution < -0.4 is 11.1 Å². The van der Waals surface area contributed by atoms with Gasteiger partial charge >= 0.3 is 0 Å². The smallest absolute Gasteiger partial charge is 0.282 e. The molecule has 10 heteroatoms. The van der Waals surface area contributed by atoms with E-state index in [4.69, 9.17) is 10.5 Å². The van der Waals surface area contributed by atoms with E-state index in [1.807, 2.05) is 12.1 Å². The van der Waals surface area contributed by atoms with Crippen molar-refractivity contribution in [2.24, 2.45) is 11.7 Å². The lowest BCUT2D eigenvalue weighted by atomic mass is 9.84. The topological polar surface area (TPSA) is 162 Å². The van der Waals surface area contributed by atoms with Crippen LogP contribution in [0.3, 0.4) is 0 Å². The van der Waals surface area contributed by atoms with Crippen molar-refractivity contribution in [1.82, 2.24) is 10.4 Å². The molecule has 2 aromatic carbocycles. The monoisotopic (exact) mass is 515 g/mol. The first-order valence-electron chi connectivity index (χ1n) is 11.9. The molecule has 0 saturated heterocycles. The summed E-state index contributed by atoms with van der Waals surface area (Å²) in [6.07, 6.45) is -2.13. The maximum atomic E-state index is 13.6. The quantitative estimate of drug-likeness (QED) is 0.211. The molecule has 0 aromatic heterocycles. The van der Waals surface area contributed by atoms with Gasteiger partial charge in [-0.3, -0.25) is 19.6 Å². The van der Waals surface area contributed by atoms with Crippen molar-refractivity contribution in [3.63, 3.8) is 0 Å². The number of nitrogens with zero attached hydrogens (tertiary/aromatic N) is 1. The fourth-order valence-corrected chi connectivity index (χ4v) is 4.39. The Morgan fingerprint density at radius 1 is 0.973 bits per heavy atom. The average Bonchev–Trinajstić information content (AvgIpc) is 2.82. The molecule has 0 heterocycles. The normalized spacial score (nSPS) is 15.1. The van der Waals surface area contributed by atoms with E-state index < -0.39 is 47.1 Å². The van der Waals surface area contributed by atoms with Gasteiger partial charge in [-0.2, -0.15) is 0 Å². The minimum absolute atomic E-state index is 0.0419. The Labute approximate surface area is 217 Å². The first-order chi connectivity index (χ1) is 17.2. The standard InChI is InChI=1S/C27H37N3O7/c1-17(2)16-27(35,22(37-5)23(28)31)25(33)30(36)21(26(3,4)34)24(32)29-20(18-12-8-6-9-13-18)19-14-10-7-11-15-19/h6-15,17,20-22,34-36H,16H2,1-5H3,(H2,28,31)(H,29,32)/t21-,22+,27+/m1/s1. The van der Waals surface area contributed by atoms with Gasteiger partial charge in [0, 0.05) is 7.11 Å². The number of nitrogens with one attached hydrogen (secondary N) is 1. The van der Waals surface area contributed by atoms with Gasteiger partial charge in [0.25, 0.3) is 5.91 Å². The summed E-state index contributed by atoms with van der Waals surface area (Å²) in [5.74, 6) is -3.79. The van der Waals surface area contributed by atoms with Gasteiger partial charge < -0.3 is 26.0 Å². The van der Waals surface area contributed by atoms with Crippen LogP contribution in [0.1, 0.15) is 51.3 Å². The Hall–Kier alpha value is -3.31. The van der Waals surface area contributed by atoms with Gasteiger partial charge in [-0.1, -0.05) is 74.5 Å². The molecule has 0 radical (unpaired) electrons. The van der Waals surface area contributed by atoms with Crippen LogP contribution >= 0.6 is 0 Å². The number of aliphatic hydroxyl groups is 2. The SMILES string of the molecule is CO[C@@H](C(N)=O)[C@@](O)(CC(C)C)C(=O)N(O)[C@H](C(=O)NC(c1ccccc1)c1ccccc1)C(C)(C)O. The maximum absolute atomic E-state index is 13.6. The molecule has 3 amide bonds. The van der Waals surface area contributed by atoms with Gasteiger partial charge in [0.1, 0.15) is 0 Å². The van der Waals surface area contributed by atoms with E-state index in [1.165, 1.54) is 13.8 Å². The summed E-state index contributed by atoms with van der Waals surface area (Å²) in [4.78, 5) is 39.1. The summed E-state index contributed by atoms with van der Waals surface area (Å²) < 4.78 is 5.01. The van der Waals surface area contributed by atoms with Crippen molar-refractivity contribution >= 4 is 17.7 Å². The average molecular weight is 516 g/mol. The number of rotatable bonds is 12. The summed E-state index contributed by atoms with van der Waals surface area (Å²) >= 11 is 0. The van der Waals surface area contributed by atoms with Crippen molar-refractivity contribution in [3.8, 4) is 0 Å². The number of amides is 3. The van der Waals surface area contributed by atoms with E-state index in [0.717, 1.165) is 18.2 Å². The highest BCUT2D eigenvalue weighted by molar-refractivity contribution is 5.96. The Morgan fingerprint density at radius 3 is 1.78 bits per heavy atom. The largest absolute Gasteiger partial charge is 0.388 e. The summed E-state index contributed by atoms with van der Waals surface area (Å²) in [5, 5.41) is 35.9. The predicted molar refractivity (Wildman–Crippen MR) is 136 cm³/mol. The minimum Gasteiger partial charge on any atom is -0.388 e. The van der Waals surface area contributed by atoms with E-state index in [1.54, 1.807) is 62.4 Å². The summed E-state index contributed by atoms with van der Waals surface area (Å²) in [7, 11) is 1.08. The molecule has 37 heavy (non-hydrogen) atoms. The van der Waals surface area contributed by atoms with Crippen molar-refractivity contribution in [3.05, 3.63) is 71.8 Å². The summed E-state index contributed by atoms with van der Waals surface area (Å²) in [6, 6.07) is 15.5. The molecule has 0 spiro atoms. The van der Waals surface area contributed by atoms with E-state index in [0.29, 0.717) is 0 Å². The van der Waals surface area contributed by atoms with Crippen molar-refractivity contribution in [2.45, 2.75) is 63.5 Å². The highest BCUT2D eigenvalue weighted by Gasteiger charge is 2.54. The van der Waals surface area contributed by atoms with Crippen LogP contribution in [0.4, 0.5) is 0 Å². The second kappa shape index (κ2) is 12.3. The van der Waals surface area contributed by atoms with E-state index in [-0.39, 0.29) is 17.4 Å². The lowest BCUT2D eigenvalue weighted by Gasteiger charge is -2.40. The molecule has 0 unspecified atom stereocenters. The molecule has 10 nitrogen and oxygen atoms in total. The molecule has 6 N–H and O–H groups in total. The molecular weight excluding hydrogens is 478 g/mol. The number of benzene rings is 2. The second-order valence-electron chi connectivity index (χ2n) is 10.0. The molecular formula is C27H37N3O7. The number of primary amides is 1. The van der Waals surface area contributed by atoms with E-state index >= 15 is 0 Å². The van der Waals surface area contributed by atoms with Gasteiger partial charge in [0.2, 0.25) is 11.8 Å². The Morgan fingerprint density at radius 2 is 1.43 bits per heavy atom. The fraction of sp³-hybridized carbons (Fsp3) is 0.444. The molecule has 0 fully saturated rings. The van der Waals surface area contributed by atoms with Crippen LogP contribution in [0.25, 0.3) is 0 Å². The van der Waals surface area contributed by atoms with E-state index in [2.05, 4.69) is 5.32 Å². The van der Waals surface area contributed by atoms with Crippen LogP contribution in [0.15, 0.2) is 60.7 Å². The summed E-state index contributed by atoms with van der Waals surface area (Å²) in [6.45, 7) is 5.82. The number of carbonyl (C=O) groups is 3. The van der Waals surface area contributed by atoms with Crippen LogP contribution in [-0.2, 0) is 19.1 Å². The number of ether oxygens (including phenoxy) is 1. The third-order valence-electron chi connectivity index (χ3n) is 5.94. The van der Waals surface area contributed by atoms with Crippen molar-refractivity contribution < 1.29 is 34.5 Å². The molecule has 3 atom stereocenters. The predicted octanol–water partition coefficient (Wildman–Crippen LogP) is 1.53. The highest BCUT2D eigenvalue weighted by Crippen LogP contribution is 2.29. The van der Waals surface area contributed by atoms with Crippen molar-refractivity contribution in [1.29, 1.82) is 0 Å². The van der Waals surface area contributed by atoms with Crippen LogP contribution in [0.5, 0.6) is 0 Å². The van der Waals surface area contributed by atoms with Crippen LogP contribution in [0.2, 0.25) is 0 Å². The third-order valence-corrected chi connectivity index (χ3v) is 5.94. The molecule has 0 bridgehead atoms. The Balaban J connectivity index is 2.50. The maximum Gasteiger partial charge on any atom is 0.282 e. The molecule has 202 valence electrons. The molecule has 0 aliphatic carbocycles. The van der Waals surface area contributed by atoms with E-state index in [9.17, 15) is 29.8 Å². The number of hydrogen-bond acceptors (Lipinski definition) is 7. The van der Waals surface area contributed by atoms with Crippen LogP contribution in [0, 0.1) is 5.92 Å². The van der Waals surface area contributed by atoms with Gasteiger partial charge in [-0.25, -0.2) is 5.06 Å². The second-order valence-corrected chi connectivity index (χ2v) is 10.0. The number of carbonyl (C=O) groups excluding carboxylic acids is 3. The Bertz CT molecular complexity index is 1020. The van der Waals surface area contributed by atoms with Gasteiger partial charge in [-0.15, -0.1) is 0 Å². The zero-order chi connectivity index (χ0) is 28.0. The lowest BCUT2D eigenvalue weighted by molar-refractivity contribution is -0.222. The first-order valence-corrected chi connectivity index (χ1v) is 11.9. The zero-order valence-corrected chi connectivity index (χ0v) is 21.8. The molecule has 2 aromatic rings. The Kier molecular flexibility index (Phi) is 9.93. The summed E-state index contributed by atoms with van der Waals surface area (Å²) in [5.41, 5.74) is 2.22. The first kappa shape index (κ1) is 29.9. The molecule has 2 rings (SSSR count). The fourth-order valence-electron chi connectivity index (χ4n) is 4.39. The number of nitrogens with two attached hydrogens (primary N) is 1. The lowest BCUT2D eigenvalue weighted by Crippen LogP contribution is -2.66. The highest BCUT2D eigenvalue weighted by atomic mass is 16.5. The van der Waals surface area contributed by atoms with Gasteiger partial charge in [-0.05, 0) is 37.3 Å². The molecule has 0 aliphatic heterocycles. The number of methoxy groups -OCH3 is 1. The zero-order valence-electron chi connectivity index (χ0n) is 21.8. The minimum atomic E-state index is -2.61. The van der Waals surface area contributed by atoms with Gasteiger partial charge in [0.05, 0.1) is 11.6 Å².